The van der Waals surface area contributed by atoms with E-state index in [0.717, 1.165) is 49.2 Å². The Morgan fingerprint density at radius 2 is 2.03 bits per heavy atom. The fourth-order valence-electron chi connectivity index (χ4n) is 4.27. The third-order valence-electron chi connectivity index (χ3n) is 6.25. The average molecular weight is 484 g/mol. The van der Waals surface area contributed by atoms with Crippen molar-refractivity contribution in [1.82, 2.24) is 14.7 Å². The van der Waals surface area contributed by atoms with Gasteiger partial charge >= 0.3 is 0 Å². The molecule has 0 radical (unpaired) electrons. The third kappa shape index (κ3) is 5.10. The van der Waals surface area contributed by atoms with Crippen LogP contribution in [-0.4, -0.2) is 39.8 Å². The lowest BCUT2D eigenvalue weighted by atomic mass is 10.1. The third-order valence-corrected chi connectivity index (χ3v) is 6.51. The molecular weight excluding hydrogens is 457 g/mol. The topological polar surface area (TPSA) is 56.6 Å². The minimum absolute atomic E-state index is 0.0434. The Balaban J connectivity index is 1.52. The molecule has 1 atom stereocenters. The van der Waals surface area contributed by atoms with Crippen molar-refractivity contribution < 1.29 is 18.7 Å². The number of carbonyl (C=O) groups is 1. The van der Waals surface area contributed by atoms with Gasteiger partial charge in [-0.25, -0.2) is 9.07 Å². The lowest BCUT2D eigenvalue weighted by Gasteiger charge is -2.26. The molecule has 1 aliphatic carbocycles. The molecule has 34 heavy (non-hydrogen) atoms. The van der Waals surface area contributed by atoms with E-state index in [9.17, 15) is 9.18 Å². The molecule has 2 aliphatic rings. The van der Waals surface area contributed by atoms with E-state index in [0.29, 0.717) is 29.7 Å². The SMILES string of the molecule is Cc1nn(-c2ccc(Cl)cc2)c(Oc2cccc(F)c2)c1CN(CC1CCCO1)C(=O)C1CC1. The van der Waals surface area contributed by atoms with Crippen molar-refractivity contribution in [2.24, 2.45) is 5.92 Å². The number of aromatic nitrogens is 2. The Morgan fingerprint density at radius 1 is 1.24 bits per heavy atom. The molecule has 8 heteroatoms. The number of hydrogen-bond donors (Lipinski definition) is 0. The maximum absolute atomic E-state index is 13.9. The molecule has 1 amide bonds. The van der Waals surface area contributed by atoms with Crippen LogP contribution in [0, 0.1) is 18.7 Å². The van der Waals surface area contributed by atoms with Crippen LogP contribution in [0.15, 0.2) is 48.5 Å². The van der Waals surface area contributed by atoms with Crippen molar-refractivity contribution in [3.63, 3.8) is 0 Å². The number of nitrogens with zero attached hydrogens (tertiary/aromatic N) is 3. The molecule has 178 valence electrons. The van der Waals surface area contributed by atoms with Crippen LogP contribution < -0.4 is 4.74 Å². The molecule has 1 aliphatic heterocycles. The normalized spacial score (nSPS) is 17.7. The quantitative estimate of drug-likeness (QED) is 0.413. The first kappa shape index (κ1) is 22.9. The molecule has 0 N–H and O–H groups in total. The van der Waals surface area contributed by atoms with Gasteiger partial charge < -0.3 is 14.4 Å². The highest BCUT2D eigenvalue weighted by atomic mass is 35.5. The Hall–Kier alpha value is -2.90. The molecule has 3 aromatic rings. The maximum Gasteiger partial charge on any atom is 0.227 e. The van der Waals surface area contributed by atoms with E-state index >= 15 is 0 Å². The molecular formula is C26H27ClFN3O3. The van der Waals surface area contributed by atoms with Crippen molar-refractivity contribution in [2.45, 2.75) is 45.3 Å². The van der Waals surface area contributed by atoms with Crippen LogP contribution in [0.1, 0.15) is 36.9 Å². The maximum atomic E-state index is 13.9. The molecule has 1 aromatic heterocycles. The molecule has 1 saturated heterocycles. The summed E-state index contributed by atoms with van der Waals surface area (Å²) in [4.78, 5) is 15.1. The van der Waals surface area contributed by atoms with Crippen molar-refractivity contribution in [3.05, 3.63) is 70.6 Å². The van der Waals surface area contributed by atoms with Crippen LogP contribution in [0.5, 0.6) is 11.6 Å². The number of aryl methyl sites for hydroxylation is 1. The van der Waals surface area contributed by atoms with Gasteiger partial charge in [-0.2, -0.15) is 5.10 Å². The van der Waals surface area contributed by atoms with Gasteiger partial charge in [-0.3, -0.25) is 4.79 Å². The van der Waals surface area contributed by atoms with E-state index in [1.807, 2.05) is 24.0 Å². The van der Waals surface area contributed by atoms with E-state index in [2.05, 4.69) is 0 Å². The second-order valence-corrected chi connectivity index (χ2v) is 9.38. The fourth-order valence-corrected chi connectivity index (χ4v) is 4.40. The van der Waals surface area contributed by atoms with Crippen molar-refractivity contribution in [1.29, 1.82) is 0 Å². The van der Waals surface area contributed by atoms with E-state index in [1.165, 1.54) is 12.1 Å². The van der Waals surface area contributed by atoms with Crippen molar-refractivity contribution in [2.75, 3.05) is 13.2 Å². The van der Waals surface area contributed by atoms with Gasteiger partial charge in [0, 0.05) is 30.2 Å². The Bertz CT molecular complexity index is 1170. The fraction of sp³-hybridized carbons (Fsp3) is 0.385. The molecule has 2 aromatic carbocycles. The molecule has 0 spiro atoms. The van der Waals surface area contributed by atoms with E-state index in [-0.39, 0.29) is 17.9 Å². The monoisotopic (exact) mass is 483 g/mol. The number of ether oxygens (including phenoxy) is 2. The van der Waals surface area contributed by atoms with Crippen LogP contribution in [0.3, 0.4) is 0 Å². The first-order valence-electron chi connectivity index (χ1n) is 11.7. The molecule has 0 bridgehead atoms. The predicted octanol–water partition coefficient (Wildman–Crippen LogP) is 5.68. The van der Waals surface area contributed by atoms with Crippen LogP contribution in [0.2, 0.25) is 5.02 Å². The number of rotatable bonds is 8. The molecule has 2 heterocycles. The van der Waals surface area contributed by atoms with Gasteiger partial charge in [0.2, 0.25) is 11.8 Å². The zero-order chi connectivity index (χ0) is 23.7. The van der Waals surface area contributed by atoms with Gasteiger partial charge in [0.25, 0.3) is 0 Å². The number of benzene rings is 2. The van der Waals surface area contributed by atoms with Crippen LogP contribution in [0.25, 0.3) is 5.69 Å². The lowest BCUT2D eigenvalue weighted by molar-refractivity contribution is -0.134. The largest absolute Gasteiger partial charge is 0.438 e. The van der Waals surface area contributed by atoms with Gasteiger partial charge in [0.05, 0.1) is 29.6 Å². The number of hydrogen-bond acceptors (Lipinski definition) is 4. The van der Waals surface area contributed by atoms with Gasteiger partial charge in [0.15, 0.2) is 0 Å². The summed E-state index contributed by atoms with van der Waals surface area (Å²) < 4.78 is 27.6. The van der Waals surface area contributed by atoms with Gasteiger partial charge in [-0.15, -0.1) is 0 Å². The highest BCUT2D eigenvalue weighted by Gasteiger charge is 2.36. The van der Waals surface area contributed by atoms with Crippen molar-refractivity contribution in [3.8, 4) is 17.3 Å². The summed E-state index contributed by atoms with van der Waals surface area (Å²) >= 11 is 6.08. The van der Waals surface area contributed by atoms with Crippen LogP contribution >= 0.6 is 11.6 Å². The summed E-state index contributed by atoms with van der Waals surface area (Å²) in [5.41, 5.74) is 2.28. The highest BCUT2D eigenvalue weighted by Crippen LogP contribution is 2.35. The number of carbonyl (C=O) groups excluding carboxylic acids is 1. The highest BCUT2D eigenvalue weighted by molar-refractivity contribution is 6.30. The number of amides is 1. The molecule has 6 nitrogen and oxygen atoms in total. The Kier molecular flexibility index (Phi) is 6.57. The average Bonchev–Trinajstić information content (AvgIpc) is 3.47. The lowest BCUT2D eigenvalue weighted by Crippen LogP contribution is -2.38. The van der Waals surface area contributed by atoms with Gasteiger partial charge in [-0.05, 0) is 69.0 Å². The Labute approximate surface area is 203 Å². The summed E-state index contributed by atoms with van der Waals surface area (Å²) in [5.74, 6) is 0.644. The van der Waals surface area contributed by atoms with Crippen LogP contribution in [0.4, 0.5) is 4.39 Å². The zero-order valence-corrected chi connectivity index (χ0v) is 19.8. The second-order valence-electron chi connectivity index (χ2n) is 8.94. The minimum atomic E-state index is -0.391. The summed E-state index contributed by atoms with van der Waals surface area (Å²) in [6.45, 7) is 3.52. The van der Waals surface area contributed by atoms with E-state index < -0.39 is 5.82 Å². The zero-order valence-electron chi connectivity index (χ0n) is 19.0. The predicted molar refractivity (Wildman–Crippen MR) is 127 cm³/mol. The first-order chi connectivity index (χ1) is 16.5. The molecule has 1 unspecified atom stereocenters. The summed E-state index contributed by atoms with van der Waals surface area (Å²) in [5, 5.41) is 5.33. The molecule has 5 rings (SSSR count). The molecule has 2 fully saturated rings. The van der Waals surface area contributed by atoms with E-state index in [4.69, 9.17) is 26.2 Å². The second kappa shape index (κ2) is 9.76. The van der Waals surface area contributed by atoms with E-state index in [1.54, 1.807) is 28.9 Å². The summed E-state index contributed by atoms with van der Waals surface area (Å²) in [7, 11) is 0. The minimum Gasteiger partial charge on any atom is -0.438 e. The summed E-state index contributed by atoms with van der Waals surface area (Å²) in [6.07, 6.45) is 3.86. The van der Waals surface area contributed by atoms with Gasteiger partial charge in [0.1, 0.15) is 11.6 Å². The number of halogens is 2. The van der Waals surface area contributed by atoms with Gasteiger partial charge in [-0.1, -0.05) is 17.7 Å². The summed E-state index contributed by atoms with van der Waals surface area (Å²) in [6, 6.07) is 13.2. The first-order valence-corrected chi connectivity index (χ1v) is 12.0. The molecule has 1 saturated carbocycles. The Morgan fingerprint density at radius 3 is 2.71 bits per heavy atom. The smallest absolute Gasteiger partial charge is 0.227 e. The van der Waals surface area contributed by atoms with Crippen molar-refractivity contribution >= 4 is 17.5 Å². The standard InChI is InChI=1S/C26H27ClFN3O3/c1-17-24(16-30(25(32)18-7-8-18)15-23-6-3-13-33-23)26(34-22-5-2-4-20(28)14-22)31(29-17)21-11-9-19(27)10-12-21/h2,4-5,9-12,14,18,23H,3,6-8,13,15-16H2,1H3. The van der Waals surface area contributed by atoms with Crippen LogP contribution in [-0.2, 0) is 16.1 Å².